The van der Waals surface area contributed by atoms with Gasteiger partial charge in [-0.3, -0.25) is 0 Å². The molecule has 0 heterocycles. The van der Waals surface area contributed by atoms with E-state index in [9.17, 15) is 8.42 Å². The van der Waals surface area contributed by atoms with Gasteiger partial charge in [0.25, 0.3) is 0 Å². The zero-order valence-corrected chi connectivity index (χ0v) is 6.73. The molecule has 1 saturated carbocycles. The molecule has 0 aliphatic heterocycles. The van der Waals surface area contributed by atoms with E-state index < -0.39 is 10.0 Å². The summed E-state index contributed by atoms with van der Waals surface area (Å²) in [6.07, 6.45) is 4.41. The molecule has 1 rings (SSSR count). The van der Waals surface area contributed by atoms with Gasteiger partial charge in [-0.1, -0.05) is 12.8 Å². The van der Waals surface area contributed by atoms with Crippen LogP contribution in [0.2, 0.25) is 0 Å². The Morgan fingerprint density at radius 3 is 2.20 bits per heavy atom. The minimum atomic E-state index is -3.21. The molecule has 0 bridgehead atoms. The van der Waals surface area contributed by atoms with Crippen molar-refractivity contribution in [2.75, 3.05) is 5.75 Å². The van der Waals surface area contributed by atoms with Gasteiger partial charge in [-0.05, 0) is 18.8 Å². The summed E-state index contributed by atoms with van der Waals surface area (Å²) in [5.41, 5.74) is 0. The Bertz CT molecular complexity index is 192. The highest BCUT2D eigenvalue weighted by Gasteiger charge is 2.19. The summed E-state index contributed by atoms with van der Waals surface area (Å²) >= 11 is 0. The Morgan fingerprint density at radius 2 is 1.80 bits per heavy atom. The van der Waals surface area contributed by atoms with Crippen molar-refractivity contribution in [3.63, 3.8) is 0 Å². The molecule has 0 spiro atoms. The third-order valence-electron chi connectivity index (χ3n) is 1.94. The average molecular weight is 163 g/mol. The number of hydrogen-bond acceptors (Lipinski definition) is 2. The third kappa shape index (κ3) is 2.66. The van der Waals surface area contributed by atoms with Crippen molar-refractivity contribution in [1.82, 2.24) is 0 Å². The summed E-state index contributed by atoms with van der Waals surface area (Å²) in [6, 6.07) is 0. The van der Waals surface area contributed by atoms with E-state index in [0.29, 0.717) is 5.92 Å². The van der Waals surface area contributed by atoms with E-state index in [0.717, 1.165) is 12.8 Å². The molecule has 0 radical (unpaired) electrons. The molecule has 0 unspecified atom stereocenters. The second-order valence-electron chi connectivity index (χ2n) is 2.98. The Balaban J connectivity index is 2.38. The lowest BCUT2D eigenvalue weighted by molar-refractivity contribution is 0.560. The predicted molar refractivity (Wildman–Crippen MR) is 39.9 cm³/mol. The summed E-state index contributed by atoms with van der Waals surface area (Å²) < 4.78 is 21.1. The van der Waals surface area contributed by atoms with E-state index in [1.165, 1.54) is 12.8 Å². The number of sulfonamides is 1. The van der Waals surface area contributed by atoms with E-state index in [1.807, 2.05) is 0 Å². The normalized spacial score (nSPS) is 21.7. The standard InChI is InChI=1S/C6H13NO2S/c7-10(8,9)5-6-3-1-2-4-6/h6H,1-5H2,(H2,7,8,9). The molecule has 0 aromatic carbocycles. The van der Waals surface area contributed by atoms with Crippen LogP contribution in [0.25, 0.3) is 0 Å². The minimum absolute atomic E-state index is 0.188. The Hall–Kier alpha value is -0.0900. The monoisotopic (exact) mass is 163 g/mol. The summed E-state index contributed by atoms with van der Waals surface area (Å²) in [6.45, 7) is 0. The van der Waals surface area contributed by atoms with Crippen LogP contribution in [0.15, 0.2) is 0 Å². The highest BCUT2D eigenvalue weighted by atomic mass is 32.2. The lowest BCUT2D eigenvalue weighted by Gasteiger charge is -2.04. The molecule has 1 fully saturated rings. The summed E-state index contributed by atoms with van der Waals surface area (Å²) in [7, 11) is -3.21. The topological polar surface area (TPSA) is 60.2 Å². The maximum atomic E-state index is 10.6. The molecule has 1 aliphatic carbocycles. The van der Waals surface area contributed by atoms with Crippen molar-refractivity contribution in [2.24, 2.45) is 11.1 Å². The fourth-order valence-electron chi connectivity index (χ4n) is 1.51. The van der Waals surface area contributed by atoms with E-state index >= 15 is 0 Å². The van der Waals surface area contributed by atoms with Crippen LogP contribution in [0, 0.1) is 5.92 Å². The number of nitrogens with two attached hydrogens (primary N) is 1. The summed E-state index contributed by atoms with van der Waals surface area (Å²) in [4.78, 5) is 0. The van der Waals surface area contributed by atoms with Crippen molar-refractivity contribution in [2.45, 2.75) is 25.7 Å². The van der Waals surface area contributed by atoms with Crippen molar-refractivity contribution in [3.05, 3.63) is 0 Å². The van der Waals surface area contributed by atoms with Crippen molar-refractivity contribution >= 4 is 10.0 Å². The van der Waals surface area contributed by atoms with E-state index in [-0.39, 0.29) is 5.75 Å². The highest BCUT2D eigenvalue weighted by molar-refractivity contribution is 7.89. The van der Waals surface area contributed by atoms with Gasteiger partial charge < -0.3 is 0 Å². The highest BCUT2D eigenvalue weighted by Crippen LogP contribution is 2.25. The van der Waals surface area contributed by atoms with Crippen LogP contribution >= 0.6 is 0 Å². The van der Waals surface area contributed by atoms with Gasteiger partial charge in [0.2, 0.25) is 10.0 Å². The molecular weight excluding hydrogens is 150 g/mol. The molecule has 0 saturated heterocycles. The van der Waals surface area contributed by atoms with Gasteiger partial charge in [-0.2, -0.15) is 0 Å². The first-order chi connectivity index (χ1) is 4.58. The Labute approximate surface area is 61.7 Å². The van der Waals surface area contributed by atoms with Crippen molar-refractivity contribution < 1.29 is 8.42 Å². The molecule has 60 valence electrons. The molecule has 4 heteroatoms. The lowest BCUT2D eigenvalue weighted by Crippen LogP contribution is -2.21. The van der Waals surface area contributed by atoms with Crippen molar-refractivity contribution in [1.29, 1.82) is 0 Å². The zero-order chi connectivity index (χ0) is 7.61. The van der Waals surface area contributed by atoms with E-state index in [1.54, 1.807) is 0 Å². The molecule has 10 heavy (non-hydrogen) atoms. The van der Waals surface area contributed by atoms with Gasteiger partial charge in [-0.25, -0.2) is 13.6 Å². The first kappa shape index (κ1) is 8.01. The Kier molecular flexibility index (Phi) is 2.31. The lowest BCUT2D eigenvalue weighted by atomic mass is 10.1. The second kappa shape index (κ2) is 2.88. The third-order valence-corrected chi connectivity index (χ3v) is 2.88. The van der Waals surface area contributed by atoms with Gasteiger partial charge in [0, 0.05) is 0 Å². The zero-order valence-electron chi connectivity index (χ0n) is 5.91. The minimum Gasteiger partial charge on any atom is -0.229 e. The van der Waals surface area contributed by atoms with E-state index in [4.69, 9.17) is 5.14 Å². The van der Waals surface area contributed by atoms with Gasteiger partial charge in [0.05, 0.1) is 5.75 Å². The first-order valence-electron chi connectivity index (χ1n) is 3.58. The fraction of sp³-hybridized carbons (Fsp3) is 1.00. The predicted octanol–water partition coefficient (Wildman–Crippen LogP) is 0.465. The molecule has 0 aromatic rings. The van der Waals surface area contributed by atoms with Crippen LogP contribution in [-0.2, 0) is 10.0 Å². The number of rotatable bonds is 2. The van der Waals surface area contributed by atoms with Gasteiger partial charge in [0.1, 0.15) is 0 Å². The maximum Gasteiger partial charge on any atom is 0.209 e. The van der Waals surface area contributed by atoms with Crippen LogP contribution < -0.4 is 5.14 Å². The van der Waals surface area contributed by atoms with Crippen LogP contribution in [-0.4, -0.2) is 14.2 Å². The van der Waals surface area contributed by atoms with Crippen LogP contribution in [0.1, 0.15) is 25.7 Å². The fourth-order valence-corrected chi connectivity index (χ4v) is 2.50. The SMILES string of the molecule is NS(=O)(=O)CC1CCCC1. The Morgan fingerprint density at radius 1 is 1.30 bits per heavy atom. The van der Waals surface area contributed by atoms with Crippen LogP contribution in [0.3, 0.4) is 0 Å². The summed E-state index contributed by atoms with van der Waals surface area (Å²) in [5, 5.41) is 4.89. The molecule has 2 N–H and O–H groups in total. The molecule has 3 nitrogen and oxygen atoms in total. The largest absolute Gasteiger partial charge is 0.229 e. The molecule has 1 aliphatic rings. The van der Waals surface area contributed by atoms with E-state index in [2.05, 4.69) is 0 Å². The van der Waals surface area contributed by atoms with Crippen LogP contribution in [0.4, 0.5) is 0 Å². The van der Waals surface area contributed by atoms with Crippen molar-refractivity contribution in [3.8, 4) is 0 Å². The number of primary sulfonamides is 1. The van der Waals surface area contributed by atoms with Gasteiger partial charge in [-0.15, -0.1) is 0 Å². The van der Waals surface area contributed by atoms with Gasteiger partial charge >= 0.3 is 0 Å². The quantitative estimate of drug-likeness (QED) is 0.643. The summed E-state index contributed by atoms with van der Waals surface area (Å²) in [5.74, 6) is 0.530. The molecule has 0 amide bonds. The molecule has 0 atom stereocenters. The van der Waals surface area contributed by atoms with Crippen LogP contribution in [0.5, 0.6) is 0 Å². The number of hydrogen-bond donors (Lipinski definition) is 1. The average Bonchev–Trinajstić information content (AvgIpc) is 2.12. The van der Waals surface area contributed by atoms with Gasteiger partial charge in [0.15, 0.2) is 0 Å². The second-order valence-corrected chi connectivity index (χ2v) is 4.64. The first-order valence-corrected chi connectivity index (χ1v) is 5.30. The maximum absolute atomic E-state index is 10.6. The molecule has 0 aromatic heterocycles. The molecular formula is C6H13NO2S. The smallest absolute Gasteiger partial charge is 0.209 e.